The molecular formula is C19H16BrNO2S. The van der Waals surface area contributed by atoms with E-state index in [1.165, 1.54) is 12.7 Å². The number of phenols is 1. The van der Waals surface area contributed by atoms with E-state index < -0.39 is 0 Å². The molecule has 3 rings (SSSR count). The number of benzene rings is 2. The maximum absolute atomic E-state index is 9.85. The van der Waals surface area contributed by atoms with E-state index in [1.807, 2.05) is 18.2 Å². The van der Waals surface area contributed by atoms with Crippen molar-refractivity contribution in [3.8, 4) is 22.8 Å². The van der Waals surface area contributed by atoms with Gasteiger partial charge in [0.1, 0.15) is 5.01 Å². The molecule has 0 saturated heterocycles. The first kappa shape index (κ1) is 16.7. The monoisotopic (exact) mass is 401 g/mol. The summed E-state index contributed by atoms with van der Waals surface area (Å²) in [6.07, 6.45) is 3.91. The molecule has 0 aliphatic heterocycles. The predicted molar refractivity (Wildman–Crippen MR) is 104 cm³/mol. The Balaban J connectivity index is 1.83. The zero-order valence-electron chi connectivity index (χ0n) is 13.3. The highest BCUT2D eigenvalue weighted by molar-refractivity contribution is 9.10. The molecule has 0 saturated carbocycles. The van der Waals surface area contributed by atoms with Crippen molar-refractivity contribution < 1.29 is 9.84 Å². The topological polar surface area (TPSA) is 42.4 Å². The van der Waals surface area contributed by atoms with Crippen LogP contribution in [0.2, 0.25) is 0 Å². The zero-order chi connectivity index (χ0) is 17.1. The normalized spacial score (nSPS) is 11.1. The molecule has 0 atom stereocenters. The maximum Gasteiger partial charge on any atom is 0.172 e. The van der Waals surface area contributed by atoms with Crippen molar-refractivity contribution in [3.05, 3.63) is 62.4 Å². The van der Waals surface area contributed by atoms with Gasteiger partial charge in [-0.15, -0.1) is 11.3 Å². The van der Waals surface area contributed by atoms with Crippen molar-refractivity contribution in [1.82, 2.24) is 4.98 Å². The number of halogens is 1. The van der Waals surface area contributed by atoms with Gasteiger partial charge in [0.2, 0.25) is 0 Å². The number of methoxy groups -OCH3 is 1. The van der Waals surface area contributed by atoms with Gasteiger partial charge in [-0.3, -0.25) is 0 Å². The smallest absolute Gasteiger partial charge is 0.172 e. The lowest BCUT2D eigenvalue weighted by Crippen LogP contribution is -1.85. The number of hydrogen-bond acceptors (Lipinski definition) is 4. The molecule has 1 heterocycles. The van der Waals surface area contributed by atoms with Crippen molar-refractivity contribution >= 4 is 39.4 Å². The second-order valence-corrected chi connectivity index (χ2v) is 7.07. The van der Waals surface area contributed by atoms with Crippen LogP contribution in [0, 0.1) is 6.92 Å². The van der Waals surface area contributed by atoms with Gasteiger partial charge in [0, 0.05) is 10.9 Å². The second-order valence-electron chi connectivity index (χ2n) is 5.32. The highest BCUT2D eigenvalue weighted by Gasteiger charge is 2.07. The van der Waals surface area contributed by atoms with Gasteiger partial charge < -0.3 is 9.84 Å². The van der Waals surface area contributed by atoms with E-state index in [4.69, 9.17) is 4.74 Å². The summed E-state index contributed by atoms with van der Waals surface area (Å²) in [6, 6.07) is 12.0. The van der Waals surface area contributed by atoms with E-state index in [0.717, 1.165) is 21.8 Å². The molecule has 3 aromatic rings. The lowest BCUT2D eigenvalue weighted by atomic mass is 10.1. The fourth-order valence-corrected chi connectivity index (χ4v) is 3.41. The second kappa shape index (κ2) is 7.20. The fourth-order valence-electron chi connectivity index (χ4n) is 2.23. The molecule has 0 unspecified atom stereocenters. The van der Waals surface area contributed by atoms with E-state index in [0.29, 0.717) is 10.2 Å². The standard InChI is InChI=1S/C19H16BrNO2S/c1-12-3-6-14(7-4-12)16-11-24-18(21-16)8-5-13-9-15(20)19(22)17(10-13)23-2/h3-11,22H,1-2H3/b8-5+. The third kappa shape index (κ3) is 3.68. The van der Waals surface area contributed by atoms with Crippen molar-refractivity contribution in [2.75, 3.05) is 7.11 Å². The molecule has 0 aliphatic carbocycles. The quantitative estimate of drug-likeness (QED) is 0.603. The van der Waals surface area contributed by atoms with Crippen LogP contribution in [0.1, 0.15) is 16.1 Å². The van der Waals surface area contributed by atoms with Gasteiger partial charge >= 0.3 is 0 Å². The van der Waals surface area contributed by atoms with Crippen LogP contribution in [0.25, 0.3) is 23.4 Å². The summed E-state index contributed by atoms with van der Waals surface area (Å²) >= 11 is 4.92. The molecule has 3 nitrogen and oxygen atoms in total. The average Bonchev–Trinajstić information content (AvgIpc) is 3.05. The van der Waals surface area contributed by atoms with Gasteiger partial charge in [-0.2, -0.15) is 0 Å². The van der Waals surface area contributed by atoms with Gasteiger partial charge in [0.05, 0.1) is 17.3 Å². The van der Waals surface area contributed by atoms with Gasteiger partial charge in [-0.05, 0) is 46.6 Å². The Morgan fingerprint density at radius 2 is 1.92 bits per heavy atom. The van der Waals surface area contributed by atoms with Crippen LogP contribution in [0.5, 0.6) is 11.5 Å². The van der Waals surface area contributed by atoms with E-state index in [-0.39, 0.29) is 5.75 Å². The molecule has 0 aliphatic rings. The molecule has 2 aromatic carbocycles. The van der Waals surface area contributed by atoms with Crippen molar-refractivity contribution in [1.29, 1.82) is 0 Å². The number of aryl methyl sites for hydroxylation is 1. The zero-order valence-corrected chi connectivity index (χ0v) is 15.7. The Morgan fingerprint density at radius 1 is 1.17 bits per heavy atom. The first-order valence-corrected chi connectivity index (χ1v) is 9.01. The molecule has 0 radical (unpaired) electrons. The summed E-state index contributed by atoms with van der Waals surface area (Å²) in [5.74, 6) is 0.536. The molecule has 0 spiro atoms. The van der Waals surface area contributed by atoms with Gasteiger partial charge in [0.15, 0.2) is 11.5 Å². The minimum absolute atomic E-state index is 0.102. The lowest BCUT2D eigenvalue weighted by Gasteiger charge is -2.06. The van der Waals surface area contributed by atoms with Gasteiger partial charge in [-0.25, -0.2) is 4.98 Å². The Bertz CT molecular complexity index is 885. The highest BCUT2D eigenvalue weighted by Crippen LogP contribution is 2.35. The molecular weight excluding hydrogens is 386 g/mol. The van der Waals surface area contributed by atoms with Crippen LogP contribution >= 0.6 is 27.3 Å². The average molecular weight is 402 g/mol. The largest absolute Gasteiger partial charge is 0.503 e. The molecule has 5 heteroatoms. The van der Waals surface area contributed by atoms with E-state index >= 15 is 0 Å². The van der Waals surface area contributed by atoms with Crippen LogP contribution in [0.3, 0.4) is 0 Å². The number of nitrogens with zero attached hydrogens (tertiary/aromatic N) is 1. The van der Waals surface area contributed by atoms with Crippen molar-refractivity contribution in [2.45, 2.75) is 6.92 Å². The summed E-state index contributed by atoms with van der Waals surface area (Å²) in [5, 5.41) is 12.8. The maximum atomic E-state index is 9.85. The fraction of sp³-hybridized carbons (Fsp3) is 0.105. The van der Waals surface area contributed by atoms with Crippen LogP contribution in [-0.4, -0.2) is 17.2 Å². The summed E-state index contributed by atoms with van der Waals surface area (Å²) in [4.78, 5) is 4.65. The predicted octanol–water partition coefficient (Wildman–Crippen LogP) is 5.77. The van der Waals surface area contributed by atoms with E-state index in [2.05, 4.69) is 57.5 Å². The third-order valence-electron chi connectivity index (χ3n) is 3.56. The number of phenolic OH excluding ortho intramolecular Hbond substituents is 1. The van der Waals surface area contributed by atoms with Crippen LogP contribution in [0.4, 0.5) is 0 Å². The molecule has 0 fully saturated rings. The number of aromatic hydroxyl groups is 1. The summed E-state index contributed by atoms with van der Waals surface area (Å²) < 4.78 is 5.76. The lowest BCUT2D eigenvalue weighted by molar-refractivity contribution is 0.372. The van der Waals surface area contributed by atoms with Crippen molar-refractivity contribution in [2.24, 2.45) is 0 Å². The minimum atomic E-state index is 0.102. The van der Waals surface area contributed by atoms with E-state index in [1.54, 1.807) is 17.4 Å². The molecule has 1 aromatic heterocycles. The van der Waals surface area contributed by atoms with E-state index in [9.17, 15) is 5.11 Å². The molecule has 24 heavy (non-hydrogen) atoms. The summed E-state index contributed by atoms with van der Waals surface area (Å²) in [7, 11) is 1.53. The molecule has 1 N–H and O–H groups in total. The number of ether oxygens (including phenoxy) is 1. The first-order valence-electron chi connectivity index (χ1n) is 7.34. The van der Waals surface area contributed by atoms with Crippen LogP contribution in [-0.2, 0) is 0 Å². The molecule has 0 amide bonds. The van der Waals surface area contributed by atoms with Crippen LogP contribution < -0.4 is 4.74 Å². The Hall–Kier alpha value is -2.11. The number of rotatable bonds is 4. The Kier molecular flexibility index (Phi) is 5.02. The molecule has 122 valence electrons. The highest BCUT2D eigenvalue weighted by atomic mass is 79.9. The SMILES string of the molecule is COc1cc(/C=C/c2nc(-c3ccc(C)cc3)cs2)cc(Br)c1O. The Morgan fingerprint density at radius 3 is 2.62 bits per heavy atom. The van der Waals surface area contributed by atoms with Gasteiger partial charge in [-0.1, -0.05) is 35.9 Å². The third-order valence-corrected chi connectivity index (χ3v) is 4.97. The molecule has 0 bridgehead atoms. The number of hydrogen-bond donors (Lipinski definition) is 1. The van der Waals surface area contributed by atoms with Crippen molar-refractivity contribution in [3.63, 3.8) is 0 Å². The first-order chi connectivity index (χ1) is 11.6. The van der Waals surface area contributed by atoms with Crippen LogP contribution in [0.15, 0.2) is 46.3 Å². The Labute approximate surface area is 153 Å². The van der Waals surface area contributed by atoms with Gasteiger partial charge in [0.25, 0.3) is 0 Å². The number of thiazole rings is 1. The summed E-state index contributed by atoms with van der Waals surface area (Å²) in [5.41, 5.74) is 4.25. The number of aromatic nitrogens is 1. The minimum Gasteiger partial charge on any atom is -0.503 e. The summed E-state index contributed by atoms with van der Waals surface area (Å²) in [6.45, 7) is 2.07.